The van der Waals surface area contributed by atoms with Crippen molar-refractivity contribution < 1.29 is 28.6 Å². The van der Waals surface area contributed by atoms with Crippen LogP contribution >= 0.6 is 0 Å². The van der Waals surface area contributed by atoms with Gasteiger partial charge in [0.1, 0.15) is 5.60 Å². The lowest BCUT2D eigenvalue weighted by atomic mass is 9.93. The Bertz CT molecular complexity index is 612. The van der Waals surface area contributed by atoms with E-state index in [1.54, 1.807) is 24.3 Å². The SMILES string of the molecule is COC(=O)CCCC(Cc1ccc(C(=O)OC)cc1)C(=O)OC(C)(C)C. The molecule has 1 atom stereocenters. The maximum absolute atomic E-state index is 12.5. The molecule has 0 bridgehead atoms. The van der Waals surface area contributed by atoms with E-state index in [1.165, 1.54) is 14.2 Å². The van der Waals surface area contributed by atoms with Crippen molar-refractivity contribution in [2.75, 3.05) is 14.2 Å². The van der Waals surface area contributed by atoms with Gasteiger partial charge in [-0.3, -0.25) is 9.59 Å². The lowest BCUT2D eigenvalue weighted by Gasteiger charge is -2.24. The number of hydrogen-bond acceptors (Lipinski definition) is 6. The molecule has 1 aromatic carbocycles. The van der Waals surface area contributed by atoms with Crippen molar-refractivity contribution in [3.63, 3.8) is 0 Å². The fourth-order valence-corrected chi connectivity index (χ4v) is 2.46. The standard InChI is InChI=1S/C20H28O6/c1-20(2,3)26-19(23)16(7-6-8-17(21)24-4)13-14-9-11-15(12-10-14)18(22)25-5/h9-12,16H,6-8,13H2,1-5H3. The largest absolute Gasteiger partial charge is 0.469 e. The minimum atomic E-state index is -0.577. The van der Waals surface area contributed by atoms with Crippen LogP contribution in [0.2, 0.25) is 0 Å². The molecule has 0 aliphatic carbocycles. The molecule has 0 heterocycles. The van der Waals surface area contributed by atoms with Crippen LogP contribution in [0.5, 0.6) is 0 Å². The van der Waals surface area contributed by atoms with Crippen LogP contribution in [-0.4, -0.2) is 37.7 Å². The van der Waals surface area contributed by atoms with Crippen LogP contribution in [0.25, 0.3) is 0 Å². The number of esters is 3. The summed E-state index contributed by atoms with van der Waals surface area (Å²) in [5, 5.41) is 0. The van der Waals surface area contributed by atoms with E-state index in [9.17, 15) is 14.4 Å². The Balaban J connectivity index is 2.81. The first-order chi connectivity index (χ1) is 12.2. The molecule has 1 rings (SSSR count). The van der Waals surface area contributed by atoms with E-state index in [4.69, 9.17) is 4.74 Å². The van der Waals surface area contributed by atoms with E-state index >= 15 is 0 Å². The van der Waals surface area contributed by atoms with Crippen molar-refractivity contribution >= 4 is 17.9 Å². The highest BCUT2D eigenvalue weighted by molar-refractivity contribution is 5.89. The average molecular weight is 364 g/mol. The number of carbonyl (C=O) groups is 3. The number of methoxy groups -OCH3 is 2. The molecule has 0 N–H and O–H groups in total. The number of rotatable bonds is 8. The second kappa shape index (κ2) is 9.94. The third kappa shape index (κ3) is 7.68. The molecule has 1 unspecified atom stereocenters. The third-order valence-corrected chi connectivity index (χ3v) is 3.76. The zero-order valence-electron chi connectivity index (χ0n) is 16.2. The smallest absolute Gasteiger partial charge is 0.337 e. The number of ether oxygens (including phenoxy) is 3. The fourth-order valence-electron chi connectivity index (χ4n) is 2.46. The van der Waals surface area contributed by atoms with Crippen molar-refractivity contribution in [1.82, 2.24) is 0 Å². The molecule has 0 fully saturated rings. The topological polar surface area (TPSA) is 78.9 Å². The van der Waals surface area contributed by atoms with Crippen LogP contribution in [-0.2, 0) is 30.2 Å². The maximum atomic E-state index is 12.5. The summed E-state index contributed by atoms with van der Waals surface area (Å²) < 4.78 is 14.8. The monoisotopic (exact) mass is 364 g/mol. The summed E-state index contributed by atoms with van der Waals surface area (Å²) >= 11 is 0. The van der Waals surface area contributed by atoms with Gasteiger partial charge in [-0.25, -0.2) is 4.79 Å². The molecular weight excluding hydrogens is 336 g/mol. The molecule has 0 saturated carbocycles. The first-order valence-corrected chi connectivity index (χ1v) is 8.63. The van der Waals surface area contributed by atoms with E-state index < -0.39 is 11.6 Å². The zero-order chi connectivity index (χ0) is 19.7. The molecule has 0 aliphatic rings. The summed E-state index contributed by atoms with van der Waals surface area (Å²) in [6.45, 7) is 5.46. The van der Waals surface area contributed by atoms with Gasteiger partial charge in [0.15, 0.2) is 0 Å². The van der Waals surface area contributed by atoms with Crippen molar-refractivity contribution in [2.24, 2.45) is 5.92 Å². The van der Waals surface area contributed by atoms with Gasteiger partial charge in [0, 0.05) is 6.42 Å². The first kappa shape index (κ1) is 21.7. The van der Waals surface area contributed by atoms with Gasteiger partial charge in [-0.05, 0) is 57.7 Å². The summed E-state index contributed by atoms with van der Waals surface area (Å²) in [6.07, 6.45) is 1.79. The predicted molar refractivity (Wildman–Crippen MR) is 96.7 cm³/mol. The van der Waals surface area contributed by atoms with Crippen LogP contribution in [0.4, 0.5) is 0 Å². The molecule has 0 saturated heterocycles. The molecule has 0 radical (unpaired) electrons. The first-order valence-electron chi connectivity index (χ1n) is 8.63. The van der Waals surface area contributed by atoms with Crippen molar-refractivity contribution in [3.8, 4) is 0 Å². The third-order valence-electron chi connectivity index (χ3n) is 3.76. The van der Waals surface area contributed by atoms with Gasteiger partial charge in [-0.2, -0.15) is 0 Å². The second-order valence-corrected chi connectivity index (χ2v) is 7.09. The molecule has 1 aromatic rings. The molecule has 0 spiro atoms. The van der Waals surface area contributed by atoms with E-state index in [-0.39, 0.29) is 24.3 Å². The van der Waals surface area contributed by atoms with Gasteiger partial charge < -0.3 is 14.2 Å². The van der Waals surface area contributed by atoms with Crippen LogP contribution in [0.1, 0.15) is 56.0 Å². The summed E-state index contributed by atoms with van der Waals surface area (Å²) in [4.78, 5) is 35.3. The predicted octanol–water partition coefficient (Wildman–Crippen LogP) is 3.32. The zero-order valence-corrected chi connectivity index (χ0v) is 16.2. The van der Waals surface area contributed by atoms with Gasteiger partial charge in [0.25, 0.3) is 0 Å². The summed E-state index contributed by atoms with van der Waals surface area (Å²) in [5.41, 5.74) is 0.786. The highest BCUT2D eigenvalue weighted by atomic mass is 16.6. The molecule has 0 aromatic heterocycles. The molecular formula is C20H28O6. The molecule has 26 heavy (non-hydrogen) atoms. The minimum absolute atomic E-state index is 0.261. The number of hydrogen-bond donors (Lipinski definition) is 0. The summed E-state index contributed by atoms with van der Waals surface area (Å²) in [6, 6.07) is 6.93. The second-order valence-electron chi connectivity index (χ2n) is 7.09. The Morgan fingerprint density at radius 3 is 2.12 bits per heavy atom. The Morgan fingerprint density at radius 1 is 1.00 bits per heavy atom. The van der Waals surface area contributed by atoms with E-state index in [0.29, 0.717) is 24.8 Å². The maximum Gasteiger partial charge on any atom is 0.337 e. The Morgan fingerprint density at radius 2 is 1.62 bits per heavy atom. The normalized spacial score (nSPS) is 12.2. The van der Waals surface area contributed by atoms with Gasteiger partial charge in [0.05, 0.1) is 25.7 Å². The Labute approximate surface area is 154 Å². The van der Waals surface area contributed by atoms with Gasteiger partial charge in [-0.1, -0.05) is 12.1 Å². The van der Waals surface area contributed by atoms with E-state index in [0.717, 1.165) is 5.56 Å². The van der Waals surface area contributed by atoms with Crippen LogP contribution < -0.4 is 0 Å². The highest BCUT2D eigenvalue weighted by Gasteiger charge is 2.25. The number of carbonyl (C=O) groups excluding carboxylic acids is 3. The van der Waals surface area contributed by atoms with Crippen molar-refractivity contribution in [3.05, 3.63) is 35.4 Å². The van der Waals surface area contributed by atoms with Gasteiger partial charge in [-0.15, -0.1) is 0 Å². The average Bonchev–Trinajstić information content (AvgIpc) is 2.59. The lowest BCUT2D eigenvalue weighted by Crippen LogP contribution is -2.30. The van der Waals surface area contributed by atoms with E-state index in [2.05, 4.69) is 9.47 Å². The van der Waals surface area contributed by atoms with Crippen LogP contribution in [0.15, 0.2) is 24.3 Å². The molecule has 6 heteroatoms. The van der Waals surface area contributed by atoms with E-state index in [1.807, 2.05) is 20.8 Å². The van der Waals surface area contributed by atoms with Crippen LogP contribution in [0.3, 0.4) is 0 Å². The molecule has 0 aliphatic heterocycles. The summed E-state index contributed by atoms with van der Waals surface area (Å²) in [7, 11) is 2.67. The molecule has 144 valence electrons. The Kier molecular flexibility index (Phi) is 8.29. The van der Waals surface area contributed by atoms with Gasteiger partial charge >= 0.3 is 17.9 Å². The van der Waals surface area contributed by atoms with Crippen molar-refractivity contribution in [2.45, 2.75) is 52.1 Å². The highest BCUT2D eigenvalue weighted by Crippen LogP contribution is 2.21. The summed E-state index contributed by atoms with van der Waals surface area (Å²) in [5.74, 6) is -1.36. The molecule has 0 amide bonds. The molecule has 6 nitrogen and oxygen atoms in total. The lowest BCUT2D eigenvalue weighted by molar-refractivity contribution is -0.160. The fraction of sp³-hybridized carbons (Fsp3) is 0.550. The number of benzene rings is 1. The Hall–Kier alpha value is -2.37. The quantitative estimate of drug-likeness (QED) is 0.520. The van der Waals surface area contributed by atoms with Crippen LogP contribution in [0, 0.1) is 5.92 Å². The van der Waals surface area contributed by atoms with Crippen molar-refractivity contribution in [1.29, 1.82) is 0 Å². The van der Waals surface area contributed by atoms with Gasteiger partial charge in [0.2, 0.25) is 0 Å². The minimum Gasteiger partial charge on any atom is -0.469 e.